The van der Waals surface area contributed by atoms with E-state index in [0.29, 0.717) is 23.9 Å². The van der Waals surface area contributed by atoms with Crippen LogP contribution in [0.1, 0.15) is 34.6 Å². The van der Waals surface area contributed by atoms with Gasteiger partial charge in [-0.1, -0.05) is 0 Å². The Morgan fingerprint density at radius 1 is 1.09 bits per heavy atom. The van der Waals surface area contributed by atoms with Crippen LogP contribution in [-0.4, -0.2) is 30.8 Å². The van der Waals surface area contributed by atoms with Gasteiger partial charge in [-0.3, -0.25) is 4.79 Å². The van der Waals surface area contributed by atoms with Gasteiger partial charge in [0.2, 0.25) is 0 Å². The number of rotatable bonds is 6. The summed E-state index contributed by atoms with van der Waals surface area (Å²) in [5, 5.41) is 0. The van der Waals surface area contributed by atoms with Crippen LogP contribution in [0.4, 0.5) is 0 Å². The molecule has 0 amide bonds. The Kier molecular flexibility index (Phi) is 6.22. The van der Waals surface area contributed by atoms with Gasteiger partial charge in [0.25, 0.3) is 0 Å². The standard InChI is InChI=1S/C16H22O6/c1-6-19-14-9-12(21-11(2)17)7-8-13(14)20-10-15(18)22-16(3,4)5/h7-9H,6,10H2,1-5H3. The first-order valence-corrected chi connectivity index (χ1v) is 7.01. The summed E-state index contributed by atoms with van der Waals surface area (Å²) in [6.45, 7) is 8.65. The van der Waals surface area contributed by atoms with Crippen LogP contribution in [0.5, 0.6) is 17.2 Å². The van der Waals surface area contributed by atoms with Gasteiger partial charge >= 0.3 is 11.9 Å². The zero-order chi connectivity index (χ0) is 16.8. The molecule has 0 atom stereocenters. The predicted octanol–water partition coefficient (Wildman–Crippen LogP) is 2.73. The molecule has 0 saturated carbocycles. The molecule has 22 heavy (non-hydrogen) atoms. The van der Waals surface area contributed by atoms with Crippen molar-refractivity contribution in [3.05, 3.63) is 18.2 Å². The highest BCUT2D eigenvalue weighted by Gasteiger charge is 2.17. The van der Waals surface area contributed by atoms with Crippen molar-refractivity contribution in [2.45, 2.75) is 40.2 Å². The van der Waals surface area contributed by atoms with Crippen molar-refractivity contribution in [2.24, 2.45) is 0 Å². The number of hydrogen-bond donors (Lipinski definition) is 0. The van der Waals surface area contributed by atoms with Crippen LogP contribution in [0.15, 0.2) is 18.2 Å². The predicted molar refractivity (Wildman–Crippen MR) is 80.3 cm³/mol. The SMILES string of the molecule is CCOc1cc(OC(C)=O)ccc1OCC(=O)OC(C)(C)C. The van der Waals surface area contributed by atoms with E-state index in [2.05, 4.69) is 0 Å². The Morgan fingerprint density at radius 3 is 2.32 bits per heavy atom. The maximum Gasteiger partial charge on any atom is 0.344 e. The van der Waals surface area contributed by atoms with E-state index in [1.165, 1.54) is 13.0 Å². The normalized spacial score (nSPS) is 10.8. The van der Waals surface area contributed by atoms with Gasteiger partial charge in [-0.05, 0) is 39.8 Å². The van der Waals surface area contributed by atoms with Crippen molar-refractivity contribution in [1.29, 1.82) is 0 Å². The van der Waals surface area contributed by atoms with E-state index < -0.39 is 17.5 Å². The molecule has 0 aliphatic heterocycles. The summed E-state index contributed by atoms with van der Waals surface area (Å²) in [5.74, 6) is 0.220. The highest BCUT2D eigenvalue weighted by molar-refractivity contribution is 5.72. The van der Waals surface area contributed by atoms with Crippen molar-refractivity contribution in [1.82, 2.24) is 0 Å². The Labute approximate surface area is 130 Å². The number of hydrogen-bond acceptors (Lipinski definition) is 6. The average molecular weight is 310 g/mol. The smallest absolute Gasteiger partial charge is 0.344 e. The second-order valence-electron chi connectivity index (χ2n) is 5.51. The molecule has 0 aromatic heterocycles. The fourth-order valence-electron chi connectivity index (χ4n) is 1.61. The lowest BCUT2D eigenvalue weighted by Crippen LogP contribution is -2.27. The van der Waals surface area contributed by atoms with Crippen molar-refractivity contribution in [3.63, 3.8) is 0 Å². The monoisotopic (exact) mass is 310 g/mol. The average Bonchev–Trinajstić information content (AvgIpc) is 2.35. The second kappa shape index (κ2) is 7.68. The van der Waals surface area contributed by atoms with Gasteiger partial charge in [0.15, 0.2) is 18.1 Å². The molecule has 6 heteroatoms. The summed E-state index contributed by atoms with van der Waals surface area (Å²) in [4.78, 5) is 22.6. The lowest BCUT2D eigenvalue weighted by molar-refractivity contribution is -0.157. The summed E-state index contributed by atoms with van der Waals surface area (Å²) in [7, 11) is 0. The number of carbonyl (C=O) groups excluding carboxylic acids is 2. The molecule has 1 aromatic carbocycles. The lowest BCUT2D eigenvalue weighted by Gasteiger charge is -2.20. The fourth-order valence-corrected chi connectivity index (χ4v) is 1.61. The molecule has 0 heterocycles. The summed E-state index contributed by atoms with van der Waals surface area (Å²) in [6, 6.07) is 4.68. The van der Waals surface area contributed by atoms with E-state index in [1.54, 1.807) is 32.9 Å². The van der Waals surface area contributed by atoms with Crippen LogP contribution in [0.25, 0.3) is 0 Å². The van der Waals surface area contributed by atoms with Crippen molar-refractivity contribution in [3.8, 4) is 17.2 Å². The first-order valence-electron chi connectivity index (χ1n) is 7.01. The number of esters is 2. The minimum atomic E-state index is -0.567. The van der Waals surface area contributed by atoms with Crippen LogP contribution < -0.4 is 14.2 Å². The van der Waals surface area contributed by atoms with Crippen LogP contribution >= 0.6 is 0 Å². The first kappa shape index (κ1) is 17.8. The van der Waals surface area contributed by atoms with Crippen LogP contribution in [0.3, 0.4) is 0 Å². The summed E-state index contributed by atoms with van der Waals surface area (Å²) < 4.78 is 21.0. The molecule has 0 bridgehead atoms. The first-order chi connectivity index (χ1) is 10.2. The molecule has 122 valence electrons. The Bertz CT molecular complexity index is 530. The second-order valence-corrected chi connectivity index (χ2v) is 5.51. The molecule has 0 aliphatic carbocycles. The summed E-state index contributed by atoms with van der Waals surface area (Å²) >= 11 is 0. The van der Waals surface area contributed by atoms with E-state index in [4.69, 9.17) is 18.9 Å². The van der Waals surface area contributed by atoms with Crippen molar-refractivity contribution < 1.29 is 28.5 Å². The molecule has 0 radical (unpaired) electrons. The Morgan fingerprint density at radius 2 is 1.77 bits per heavy atom. The van der Waals surface area contributed by atoms with Gasteiger partial charge in [-0.15, -0.1) is 0 Å². The summed E-state index contributed by atoms with van der Waals surface area (Å²) in [6.07, 6.45) is 0. The van der Waals surface area contributed by atoms with Gasteiger partial charge in [0.05, 0.1) is 6.61 Å². The summed E-state index contributed by atoms with van der Waals surface area (Å²) in [5.41, 5.74) is -0.567. The maximum absolute atomic E-state index is 11.7. The highest BCUT2D eigenvalue weighted by atomic mass is 16.6. The minimum Gasteiger partial charge on any atom is -0.490 e. The van der Waals surface area contributed by atoms with Crippen molar-refractivity contribution >= 4 is 11.9 Å². The Hall–Kier alpha value is -2.24. The van der Waals surface area contributed by atoms with Crippen LogP contribution in [0.2, 0.25) is 0 Å². The van der Waals surface area contributed by atoms with E-state index >= 15 is 0 Å². The van der Waals surface area contributed by atoms with Crippen molar-refractivity contribution in [2.75, 3.05) is 13.2 Å². The highest BCUT2D eigenvalue weighted by Crippen LogP contribution is 2.31. The van der Waals surface area contributed by atoms with Gasteiger partial charge in [0, 0.05) is 13.0 Å². The third-order valence-corrected chi connectivity index (χ3v) is 2.24. The fraction of sp³-hybridized carbons (Fsp3) is 0.500. The van der Waals surface area contributed by atoms with Crippen LogP contribution in [0, 0.1) is 0 Å². The lowest BCUT2D eigenvalue weighted by atomic mass is 10.2. The zero-order valence-corrected chi connectivity index (χ0v) is 13.6. The number of ether oxygens (including phenoxy) is 4. The maximum atomic E-state index is 11.7. The zero-order valence-electron chi connectivity index (χ0n) is 13.6. The molecule has 0 N–H and O–H groups in total. The van der Waals surface area contributed by atoms with Crippen LogP contribution in [-0.2, 0) is 14.3 Å². The van der Waals surface area contributed by atoms with E-state index in [1.807, 2.05) is 6.92 Å². The minimum absolute atomic E-state index is 0.232. The number of carbonyl (C=O) groups is 2. The third-order valence-electron chi connectivity index (χ3n) is 2.24. The topological polar surface area (TPSA) is 71.1 Å². The van der Waals surface area contributed by atoms with E-state index in [0.717, 1.165) is 0 Å². The molecular weight excluding hydrogens is 288 g/mol. The Balaban J connectivity index is 2.76. The molecule has 0 saturated heterocycles. The molecule has 1 aromatic rings. The van der Waals surface area contributed by atoms with Gasteiger partial charge in [-0.2, -0.15) is 0 Å². The van der Waals surface area contributed by atoms with Gasteiger partial charge < -0.3 is 18.9 Å². The largest absolute Gasteiger partial charge is 0.490 e. The molecular formula is C16H22O6. The van der Waals surface area contributed by atoms with Gasteiger partial charge in [-0.25, -0.2) is 4.79 Å². The molecule has 0 aliphatic rings. The third kappa shape index (κ3) is 6.47. The molecule has 0 unspecified atom stereocenters. The molecule has 0 fully saturated rings. The molecule has 6 nitrogen and oxygen atoms in total. The van der Waals surface area contributed by atoms with Gasteiger partial charge in [0.1, 0.15) is 11.4 Å². The molecule has 0 spiro atoms. The van der Waals surface area contributed by atoms with E-state index in [9.17, 15) is 9.59 Å². The van der Waals surface area contributed by atoms with E-state index in [-0.39, 0.29) is 6.61 Å². The number of benzene rings is 1. The quantitative estimate of drug-likeness (QED) is 0.594. The molecule has 1 rings (SSSR count).